The van der Waals surface area contributed by atoms with Gasteiger partial charge in [0.15, 0.2) is 0 Å². The zero-order valence-electron chi connectivity index (χ0n) is 14.2. The maximum absolute atomic E-state index is 14.0. The molecule has 0 spiro atoms. The van der Waals surface area contributed by atoms with Gasteiger partial charge in [0, 0.05) is 23.4 Å². The molecule has 1 aliphatic heterocycles. The summed E-state index contributed by atoms with van der Waals surface area (Å²) in [7, 11) is -0.491. The number of halogens is 1. The van der Waals surface area contributed by atoms with Crippen molar-refractivity contribution in [3.8, 4) is 6.07 Å². The first kappa shape index (κ1) is 16.7. The smallest absolute Gasteiger partial charge is 0.399 e. The third-order valence-corrected chi connectivity index (χ3v) is 4.69. The molecule has 3 rings (SSSR count). The minimum Gasteiger partial charge on any atom is -0.399 e. The number of hydrogen-bond donors (Lipinski definition) is 0. The predicted octanol–water partition coefficient (Wildman–Crippen LogP) is 2.24. The summed E-state index contributed by atoms with van der Waals surface area (Å²) in [5, 5.41) is 13.1. The van der Waals surface area contributed by atoms with Crippen molar-refractivity contribution in [2.24, 2.45) is 0 Å². The molecule has 0 unspecified atom stereocenters. The quantitative estimate of drug-likeness (QED) is 0.811. The zero-order valence-corrected chi connectivity index (χ0v) is 14.2. The molecule has 24 heavy (non-hydrogen) atoms. The normalized spacial score (nSPS) is 18.6. The average Bonchev–Trinajstić information content (AvgIpc) is 3.04. The lowest BCUT2D eigenvalue weighted by atomic mass is 9.82. The molecular weight excluding hydrogens is 308 g/mol. The number of rotatable bonds is 3. The lowest BCUT2D eigenvalue weighted by Crippen LogP contribution is -2.41. The lowest BCUT2D eigenvalue weighted by Gasteiger charge is -2.32. The minimum atomic E-state index is -0.491. The second kappa shape index (κ2) is 5.73. The summed E-state index contributed by atoms with van der Waals surface area (Å²) in [6.45, 7) is 8.23. The van der Waals surface area contributed by atoms with E-state index >= 15 is 0 Å². The molecule has 2 heterocycles. The number of nitrogens with zero attached hydrogens (tertiary/aromatic N) is 3. The molecular formula is C17H19BFN3O2. The average molecular weight is 327 g/mol. The molecule has 0 radical (unpaired) electrons. The first-order valence-corrected chi connectivity index (χ1v) is 7.78. The van der Waals surface area contributed by atoms with Crippen LogP contribution in [0, 0.1) is 17.1 Å². The van der Waals surface area contributed by atoms with Gasteiger partial charge in [0.2, 0.25) is 0 Å². The molecule has 0 bridgehead atoms. The highest BCUT2D eigenvalue weighted by atomic mass is 19.1. The topological polar surface area (TPSA) is 60.1 Å². The Morgan fingerprint density at radius 2 is 1.92 bits per heavy atom. The third kappa shape index (κ3) is 2.95. The van der Waals surface area contributed by atoms with Gasteiger partial charge in [-0.05, 0) is 39.8 Å². The van der Waals surface area contributed by atoms with Crippen LogP contribution < -0.4 is 5.46 Å². The van der Waals surface area contributed by atoms with E-state index < -0.39 is 24.1 Å². The van der Waals surface area contributed by atoms with Gasteiger partial charge in [-0.25, -0.2) is 4.39 Å². The van der Waals surface area contributed by atoms with Crippen LogP contribution in [0.15, 0.2) is 30.6 Å². The van der Waals surface area contributed by atoms with Crippen LogP contribution in [0.25, 0.3) is 0 Å². The maximum atomic E-state index is 14.0. The molecule has 1 saturated heterocycles. The van der Waals surface area contributed by atoms with E-state index in [4.69, 9.17) is 14.6 Å². The molecule has 0 N–H and O–H groups in total. The summed E-state index contributed by atoms with van der Waals surface area (Å²) in [6.07, 6.45) is 3.46. The van der Waals surface area contributed by atoms with Crippen molar-refractivity contribution in [3.63, 3.8) is 0 Å². The van der Waals surface area contributed by atoms with E-state index in [0.717, 1.165) is 5.46 Å². The fourth-order valence-corrected chi connectivity index (χ4v) is 2.49. The number of aromatic nitrogens is 2. The zero-order chi connectivity index (χ0) is 17.5. The summed E-state index contributed by atoms with van der Waals surface area (Å²) in [6, 6.07) is 6.35. The maximum Gasteiger partial charge on any atom is 0.498 e. The van der Waals surface area contributed by atoms with Crippen LogP contribution in [-0.4, -0.2) is 28.1 Å². The van der Waals surface area contributed by atoms with E-state index in [1.54, 1.807) is 29.2 Å². The fraction of sp³-hybridized carbons (Fsp3) is 0.412. The summed E-state index contributed by atoms with van der Waals surface area (Å²) in [5.41, 5.74) is 0.729. The van der Waals surface area contributed by atoms with Crippen molar-refractivity contribution < 1.29 is 13.7 Å². The van der Waals surface area contributed by atoms with Crippen LogP contribution in [0.1, 0.15) is 38.8 Å². The molecule has 7 heteroatoms. The molecule has 0 aliphatic carbocycles. The van der Waals surface area contributed by atoms with E-state index in [-0.39, 0.29) is 6.54 Å². The minimum absolute atomic E-state index is 0.275. The van der Waals surface area contributed by atoms with Crippen molar-refractivity contribution >= 4 is 12.6 Å². The van der Waals surface area contributed by atoms with Crippen LogP contribution in [-0.2, 0) is 15.9 Å². The summed E-state index contributed by atoms with van der Waals surface area (Å²) < 4.78 is 27.6. The summed E-state index contributed by atoms with van der Waals surface area (Å²) >= 11 is 0. The molecule has 124 valence electrons. The van der Waals surface area contributed by atoms with Crippen LogP contribution >= 0.6 is 0 Å². The Kier molecular flexibility index (Phi) is 3.98. The van der Waals surface area contributed by atoms with Crippen molar-refractivity contribution in [3.05, 3.63) is 47.5 Å². The largest absolute Gasteiger partial charge is 0.498 e. The van der Waals surface area contributed by atoms with Gasteiger partial charge < -0.3 is 9.31 Å². The third-order valence-electron chi connectivity index (χ3n) is 4.69. The highest BCUT2D eigenvalue weighted by molar-refractivity contribution is 6.61. The highest BCUT2D eigenvalue weighted by Gasteiger charge is 2.52. The molecule has 1 fully saturated rings. The van der Waals surface area contributed by atoms with Gasteiger partial charge in [-0.1, -0.05) is 6.07 Å². The van der Waals surface area contributed by atoms with Gasteiger partial charge >= 0.3 is 7.12 Å². The molecule has 0 atom stereocenters. The van der Waals surface area contributed by atoms with Gasteiger partial charge in [0.25, 0.3) is 0 Å². The van der Waals surface area contributed by atoms with E-state index in [9.17, 15) is 4.39 Å². The van der Waals surface area contributed by atoms with E-state index in [0.29, 0.717) is 11.1 Å². The Hall–Kier alpha value is -2.17. The molecule has 0 amide bonds. The fourth-order valence-electron chi connectivity index (χ4n) is 2.49. The number of benzene rings is 1. The van der Waals surface area contributed by atoms with Gasteiger partial charge in [0.05, 0.1) is 29.4 Å². The Balaban J connectivity index is 1.77. The molecule has 1 aromatic heterocycles. The van der Waals surface area contributed by atoms with E-state index in [1.807, 2.05) is 33.8 Å². The first-order valence-electron chi connectivity index (χ1n) is 7.78. The molecule has 2 aromatic rings. The summed E-state index contributed by atoms with van der Waals surface area (Å²) in [5.74, 6) is -0.415. The predicted molar refractivity (Wildman–Crippen MR) is 88.2 cm³/mol. The van der Waals surface area contributed by atoms with Crippen molar-refractivity contribution in [1.82, 2.24) is 9.78 Å². The van der Waals surface area contributed by atoms with E-state index in [1.165, 1.54) is 6.07 Å². The molecule has 0 saturated carbocycles. The second-order valence-corrected chi connectivity index (χ2v) is 6.98. The van der Waals surface area contributed by atoms with Crippen LogP contribution in [0.4, 0.5) is 4.39 Å². The van der Waals surface area contributed by atoms with Gasteiger partial charge in [0.1, 0.15) is 5.82 Å². The monoisotopic (exact) mass is 327 g/mol. The van der Waals surface area contributed by atoms with Gasteiger partial charge in [-0.15, -0.1) is 0 Å². The lowest BCUT2D eigenvalue weighted by molar-refractivity contribution is 0.00578. The molecule has 1 aliphatic rings. The van der Waals surface area contributed by atoms with Crippen molar-refractivity contribution in [1.29, 1.82) is 5.26 Å². The van der Waals surface area contributed by atoms with Crippen LogP contribution in [0.5, 0.6) is 0 Å². The molecule has 1 aromatic carbocycles. The first-order chi connectivity index (χ1) is 11.2. The Morgan fingerprint density at radius 3 is 2.50 bits per heavy atom. The van der Waals surface area contributed by atoms with Crippen molar-refractivity contribution in [2.75, 3.05) is 0 Å². The summed E-state index contributed by atoms with van der Waals surface area (Å²) in [4.78, 5) is 0. The Bertz CT molecular complexity index is 794. The van der Waals surface area contributed by atoms with Crippen LogP contribution in [0.2, 0.25) is 0 Å². The molecule has 5 nitrogen and oxygen atoms in total. The standard InChI is InChI=1S/C17H19BFN3O2/c1-16(2)17(3,4)24-18(23-16)14-9-21-22(11-14)10-13-6-5-12(8-20)7-15(13)19/h5-7,9,11H,10H2,1-4H3. The highest BCUT2D eigenvalue weighted by Crippen LogP contribution is 2.36. The van der Waals surface area contributed by atoms with Gasteiger partial charge in [-0.2, -0.15) is 10.4 Å². The Morgan fingerprint density at radius 1 is 1.25 bits per heavy atom. The van der Waals surface area contributed by atoms with Crippen LogP contribution in [0.3, 0.4) is 0 Å². The SMILES string of the molecule is CC1(C)OB(c2cnn(Cc3ccc(C#N)cc3F)c2)OC1(C)C. The van der Waals surface area contributed by atoms with Gasteiger partial charge in [-0.3, -0.25) is 4.68 Å². The number of hydrogen-bond acceptors (Lipinski definition) is 4. The Labute approximate surface area is 141 Å². The van der Waals surface area contributed by atoms with Crippen molar-refractivity contribution in [2.45, 2.75) is 45.4 Å². The van der Waals surface area contributed by atoms with E-state index in [2.05, 4.69) is 5.10 Å². The number of nitriles is 1. The second-order valence-electron chi connectivity index (χ2n) is 6.98.